The van der Waals surface area contributed by atoms with Crippen LogP contribution in [0.15, 0.2) is 40.7 Å². The van der Waals surface area contributed by atoms with Crippen LogP contribution in [-0.2, 0) is 14.3 Å². The molecule has 0 amide bonds. The zero-order valence-corrected chi connectivity index (χ0v) is 20.1. The number of carbonyl (C=O) groups excluding carboxylic acids is 2. The molecule has 1 aromatic rings. The lowest BCUT2D eigenvalue weighted by molar-refractivity contribution is -0.117. The SMILES string of the molecule is CCOc1ccc(C2C3=C(CCCC3=O)N(CCCOC)C3=C2C(=O)CCC3)cc1OCC. The highest BCUT2D eigenvalue weighted by molar-refractivity contribution is 6.06. The minimum atomic E-state index is -0.329. The normalized spacial score (nSPS) is 19.1. The summed E-state index contributed by atoms with van der Waals surface area (Å²) >= 11 is 0. The molecule has 0 saturated carbocycles. The highest BCUT2D eigenvalue weighted by Gasteiger charge is 2.43. The molecular formula is C27H35NO5. The van der Waals surface area contributed by atoms with Crippen LogP contribution in [0.1, 0.15) is 70.3 Å². The Balaban J connectivity index is 1.86. The Kier molecular flexibility index (Phi) is 7.53. The van der Waals surface area contributed by atoms with E-state index in [-0.39, 0.29) is 17.5 Å². The molecule has 0 spiro atoms. The zero-order valence-electron chi connectivity index (χ0n) is 20.1. The zero-order chi connectivity index (χ0) is 23.4. The summed E-state index contributed by atoms with van der Waals surface area (Å²) in [5.74, 6) is 1.34. The van der Waals surface area contributed by atoms with Crippen molar-refractivity contribution >= 4 is 11.6 Å². The van der Waals surface area contributed by atoms with Gasteiger partial charge in [-0.2, -0.15) is 0 Å². The lowest BCUT2D eigenvalue weighted by atomic mass is 9.71. The molecular weight excluding hydrogens is 418 g/mol. The predicted octanol–water partition coefficient (Wildman–Crippen LogP) is 4.93. The van der Waals surface area contributed by atoms with Crippen LogP contribution in [0.2, 0.25) is 0 Å². The maximum absolute atomic E-state index is 13.3. The van der Waals surface area contributed by atoms with Crippen molar-refractivity contribution in [3.8, 4) is 11.5 Å². The van der Waals surface area contributed by atoms with Crippen molar-refractivity contribution in [3.05, 3.63) is 46.3 Å². The first-order chi connectivity index (χ1) is 16.1. The second kappa shape index (κ2) is 10.6. The fourth-order valence-corrected chi connectivity index (χ4v) is 5.43. The monoisotopic (exact) mass is 453 g/mol. The maximum Gasteiger partial charge on any atom is 0.161 e. The van der Waals surface area contributed by atoms with E-state index in [1.807, 2.05) is 32.0 Å². The molecule has 1 heterocycles. The molecule has 0 atom stereocenters. The molecule has 2 aliphatic carbocycles. The summed E-state index contributed by atoms with van der Waals surface area (Å²) in [7, 11) is 1.71. The molecule has 1 aromatic carbocycles. The lowest BCUT2D eigenvalue weighted by Crippen LogP contribution is -2.39. The third kappa shape index (κ3) is 4.58. The summed E-state index contributed by atoms with van der Waals surface area (Å²) in [6, 6.07) is 5.88. The molecule has 0 radical (unpaired) electrons. The molecule has 0 unspecified atom stereocenters. The first kappa shape index (κ1) is 23.6. The van der Waals surface area contributed by atoms with Gasteiger partial charge in [0, 0.05) is 61.6 Å². The fourth-order valence-electron chi connectivity index (χ4n) is 5.43. The average Bonchev–Trinajstić information content (AvgIpc) is 2.81. The first-order valence-electron chi connectivity index (χ1n) is 12.3. The summed E-state index contributed by atoms with van der Waals surface area (Å²) in [6.07, 6.45) is 5.37. The topological polar surface area (TPSA) is 65.1 Å². The van der Waals surface area contributed by atoms with Crippen molar-refractivity contribution in [1.29, 1.82) is 0 Å². The van der Waals surface area contributed by atoms with Crippen molar-refractivity contribution in [2.24, 2.45) is 0 Å². The van der Waals surface area contributed by atoms with Gasteiger partial charge in [0.2, 0.25) is 0 Å². The molecule has 0 N–H and O–H groups in total. The van der Waals surface area contributed by atoms with Crippen molar-refractivity contribution in [2.75, 3.05) is 33.5 Å². The average molecular weight is 454 g/mol. The Hall–Kier alpha value is -2.60. The molecule has 0 aromatic heterocycles. The summed E-state index contributed by atoms with van der Waals surface area (Å²) in [5, 5.41) is 0. The Morgan fingerprint density at radius 1 is 0.879 bits per heavy atom. The van der Waals surface area contributed by atoms with E-state index in [4.69, 9.17) is 14.2 Å². The minimum absolute atomic E-state index is 0.162. The number of carbonyl (C=O) groups is 2. The van der Waals surface area contributed by atoms with Crippen LogP contribution >= 0.6 is 0 Å². The van der Waals surface area contributed by atoms with E-state index < -0.39 is 0 Å². The van der Waals surface area contributed by atoms with E-state index in [2.05, 4.69) is 4.90 Å². The van der Waals surface area contributed by atoms with Gasteiger partial charge in [-0.1, -0.05) is 6.07 Å². The highest BCUT2D eigenvalue weighted by Crippen LogP contribution is 2.50. The van der Waals surface area contributed by atoms with Crippen LogP contribution in [0.3, 0.4) is 0 Å². The Labute approximate surface area is 196 Å². The van der Waals surface area contributed by atoms with Gasteiger partial charge in [-0.3, -0.25) is 9.59 Å². The third-order valence-corrected chi connectivity index (χ3v) is 6.72. The van der Waals surface area contributed by atoms with Crippen molar-refractivity contribution in [1.82, 2.24) is 4.90 Å². The quantitative estimate of drug-likeness (QED) is 0.494. The highest BCUT2D eigenvalue weighted by atomic mass is 16.5. The second-order valence-electron chi connectivity index (χ2n) is 8.78. The molecule has 33 heavy (non-hydrogen) atoms. The van der Waals surface area contributed by atoms with E-state index in [0.29, 0.717) is 44.2 Å². The van der Waals surface area contributed by atoms with Gasteiger partial charge in [0.1, 0.15) is 0 Å². The van der Waals surface area contributed by atoms with Gasteiger partial charge in [0.05, 0.1) is 13.2 Å². The number of Topliss-reactive ketones (excluding diaryl/α,β-unsaturated/α-hetero) is 2. The van der Waals surface area contributed by atoms with Crippen molar-refractivity contribution < 1.29 is 23.8 Å². The number of ketones is 2. The number of ether oxygens (including phenoxy) is 3. The summed E-state index contributed by atoms with van der Waals surface area (Å²) in [4.78, 5) is 29.0. The minimum Gasteiger partial charge on any atom is -0.490 e. The lowest BCUT2D eigenvalue weighted by Gasteiger charge is -2.44. The van der Waals surface area contributed by atoms with Gasteiger partial charge < -0.3 is 19.1 Å². The van der Waals surface area contributed by atoms with Gasteiger partial charge in [0.25, 0.3) is 0 Å². The van der Waals surface area contributed by atoms with Crippen LogP contribution in [0, 0.1) is 0 Å². The summed E-state index contributed by atoms with van der Waals surface area (Å²) in [5.41, 5.74) is 4.75. The fraction of sp³-hybridized carbons (Fsp3) is 0.556. The van der Waals surface area contributed by atoms with E-state index in [0.717, 1.165) is 66.8 Å². The van der Waals surface area contributed by atoms with Crippen LogP contribution in [-0.4, -0.2) is 49.9 Å². The van der Waals surface area contributed by atoms with E-state index in [1.54, 1.807) is 7.11 Å². The second-order valence-corrected chi connectivity index (χ2v) is 8.78. The van der Waals surface area contributed by atoms with Crippen LogP contribution in [0.4, 0.5) is 0 Å². The molecule has 0 saturated heterocycles. The predicted molar refractivity (Wildman–Crippen MR) is 126 cm³/mol. The smallest absolute Gasteiger partial charge is 0.161 e. The number of nitrogens with zero attached hydrogens (tertiary/aromatic N) is 1. The van der Waals surface area contributed by atoms with Gasteiger partial charge >= 0.3 is 0 Å². The summed E-state index contributed by atoms with van der Waals surface area (Å²) in [6.45, 7) is 6.37. The third-order valence-electron chi connectivity index (χ3n) is 6.72. The van der Waals surface area contributed by atoms with Gasteiger partial charge in [0.15, 0.2) is 23.1 Å². The number of allylic oxidation sites excluding steroid dienone is 4. The number of methoxy groups -OCH3 is 1. The molecule has 1 aliphatic heterocycles. The van der Waals surface area contributed by atoms with Crippen molar-refractivity contribution in [3.63, 3.8) is 0 Å². The van der Waals surface area contributed by atoms with Gasteiger partial charge in [-0.05, 0) is 63.6 Å². The Bertz CT molecular complexity index is 933. The first-order valence-corrected chi connectivity index (χ1v) is 12.3. The van der Waals surface area contributed by atoms with Gasteiger partial charge in [-0.25, -0.2) is 0 Å². The van der Waals surface area contributed by atoms with E-state index in [1.165, 1.54) is 0 Å². The van der Waals surface area contributed by atoms with Gasteiger partial charge in [-0.15, -0.1) is 0 Å². The standard InChI is InChI=1S/C27H35NO5/c1-4-32-23-14-13-18(17-24(23)33-5-2)25-26-19(9-6-11-21(26)29)28(15-8-16-31-3)20-10-7-12-22(30)27(20)25/h13-14,17,25H,4-12,15-16H2,1-3H3. The Morgan fingerprint density at radius 3 is 2.06 bits per heavy atom. The number of hydrogen-bond acceptors (Lipinski definition) is 6. The molecule has 6 heteroatoms. The largest absolute Gasteiger partial charge is 0.490 e. The number of benzene rings is 1. The van der Waals surface area contributed by atoms with E-state index in [9.17, 15) is 9.59 Å². The van der Waals surface area contributed by atoms with Crippen molar-refractivity contribution in [2.45, 2.75) is 64.7 Å². The molecule has 0 bridgehead atoms. The molecule has 178 valence electrons. The number of rotatable bonds is 9. The maximum atomic E-state index is 13.3. The van der Waals surface area contributed by atoms with Crippen LogP contribution in [0.25, 0.3) is 0 Å². The molecule has 6 nitrogen and oxygen atoms in total. The van der Waals surface area contributed by atoms with Crippen LogP contribution < -0.4 is 9.47 Å². The Morgan fingerprint density at radius 2 is 1.48 bits per heavy atom. The van der Waals surface area contributed by atoms with Crippen LogP contribution in [0.5, 0.6) is 11.5 Å². The summed E-state index contributed by atoms with van der Waals surface area (Å²) < 4.78 is 16.9. The molecule has 0 fully saturated rings. The number of hydrogen-bond donors (Lipinski definition) is 0. The molecule has 4 rings (SSSR count). The molecule has 3 aliphatic rings. The van der Waals surface area contributed by atoms with E-state index >= 15 is 0 Å².